The minimum atomic E-state index is -0.799. The van der Waals surface area contributed by atoms with Gasteiger partial charge < -0.3 is 15.2 Å². The molecule has 0 amide bonds. The minimum absolute atomic E-state index is 0.0306. The maximum Gasteiger partial charge on any atom is 0.326 e. The van der Waals surface area contributed by atoms with E-state index in [1.54, 1.807) is 7.05 Å². The first kappa shape index (κ1) is 21.7. The molecule has 2 unspecified atom stereocenters. The van der Waals surface area contributed by atoms with Crippen LogP contribution in [0.2, 0.25) is 0 Å². The minimum Gasteiger partial charge on any atom is -0.464 e. The average Bonchev–Trinajstić information content (AvgIpc) is 2.53. The van der Waals surface area contributed by atoms with Crippen molar-refractivity contribution in [2.75, 3.05) is 13.7 Å². The summed E-state index contributed by atoms with van der Waals surface area (Å²) >= 11 is 0. The highest BCUT2D eigenvalue weighted by molar-refractivity contribution is 5.80. The molecule has 2 N–H and O–H groups in total. The number of carbonyl (C=O) groups is 1. The van der Waals surface area contributed by atoms with E-state index in [4.69, 9.17) is 4.74 Å². The molecule has 0 fully saturated rings. The van der Waals surface area contributed by atoms with E-state index in [9.17, 15) is 9.90 Å². The fourth-order valence-electron chi connectivity index (χ4n) is 2.98. The van der Waals surface area contributed by atoms with Crippen molar-refractivity contribution in [3.05, 3.63) is 35.4 Å². The number of hydrogen-bond acceptors (Lipinski definition) is 4. The summed E-state index contributed by atoms with van der Waals surface area (Å²) in [6, 6.07) is 7.86. The summed E-state index contributed by atoms with van der Waals surface area (Å²) in [6.45, 7) is 12.4. The van der Waals surface area contributed by atoms with Gasteiger partial charge in [0.25, 0.3) is 0 Å². The zero-order valence-electron chi connectivity index (χ0n) is 16.9. The van der Waals surface area contributed by atoms with Gasteiger partial charge in [-0.2, -0.15) is 0 Å². The van der Waals surface area contributed by atoms with Gasteiger partial charge in [0.1, 0.15) is 5.54 Å². The lowest BCUT2D eigenvalue weighted by Gasteiger charge is -2.33. The summed E-state index contributed by atoms with van der Waals surface area (Å²) in [4.78, 5) is 12.5. The number of benzene rings is 1. The third-order valence-corrected chi connectivity index (χ3v) is 4.77. The number of nitrogens with one attached hydrogen (secondary N) is 1. The van der Waals surface area contributed by atoms with Gasteiger partial charge in [0.05, 0.1) is 12.2 Å². The predicted octanol–water partition coefficient (Wildman–Crippen LogP) is 3.80. The van der Waals surface area contributed by atoms with E-state index in [-0.39, 0.29) is 11.4 Å². The summed E-state index contributed by atoms with van der Waals surface area (Å²) < 4.78 is 5.52. The molecule has 0 radical (unpaired) electrons. The van der Waals surface area contributed by atoms with Crippen LogP contribution < -0.4 is 5.32 Å². The molecule has 25 heavy (non-hydrogen) atoms. The Balaban J connectivity index is 2.60. The molecule has 142 valence electrons. The van der Waals surface area contributed by atoms with Crippen molar-refractivity contribution in [2.24, 2.45) is 5.41 Å². The van der Waals surface area contributed by atoms with Crippen molar-refractivity contribution in [1.29, 1.82) is 0 Å². The standard InChI is InChI=1S/C21H35NO3/c1-8-21(6,24)17-11-9-16(10-12-17)13-14-25-18(23)20(5,22-7)15-19(2,3)4/h9-12,22,24H,8,13-15H2,1-7H3. The molecule has 1 rings (SSSR count). The maximum atomic E-state index is 12.5. The van der Waals surface area contributed by atoms with Gasteiger partial charge in [-0.15, -0.1) is 0 Å². The van der Waals surface area contributed by atoms with E-state index >= 15 is 0 Å². The lowest BCUT2D eigenvalue weighted by molar-refractivity contribution is -0.152. The first-order chi connectivity index (χ1) is 11.4. The predicted molar refractivity (Wildman–Crippen MR) is 103 cm³/mol. The summed E-state index contributed by atoms with van der Waals surface area (Å²) in [6.07, 6.45) is 2.03. The number of esters is 1. The maximum absolute atomic E-state index is 12.5. The van der Waals surface area contributed by atoms with Crippen molar-refractivity contribution in [3.8, 4) is 0 Å². The quantitative estimate of drug-likeness (QED) is 0.701. The zero-order valence-corrected chi connectivity index (χ0v) is 16.9. The monoisotopic (exact) mass is 349 g/mol. The van der Waals surface area contributed by atoms with E-state index in [2.05, 4.69) is 26.1 Å². The second-order valence-corrected chi connectivity index (χ2v) is 8.53. The van der Waals surface area contributed by atoms with Crippen LogP contribution >= 0.6 is 0 Å². The van der Waals surface area contributed by atoms with E-state index < -0.39 is 11.1 Å². The van der Waals surface area contributed by atoms with E-state index in [1.165, 1.54) is 0 Å². The average molecular weight is 350 g/mol. The Bertz CT molecular complexity index is 557. The van der Waals surface area contributed by atoms with Gasteiger partial charge in [0.15, 0.2) is 0 Å². The lowest BCUT2D eigenvalue weighted by atomic mass is 9.81. The van der Waals surface area contributed by atoms with E-state index in [0.29, 0.717) is 25.9 Å². The molecule has 4 nitrogen and oxygen atoms in total. The van der Waals surface area contributed by atoms with Gasteiger partial charge in [0.2, 0.25) is 0 Å². The molecule has 0 aliphatic rings. The Morgan fingerprint density at radius 3 is 2.12 bits per heavy atom. The van der Waals surface area contributed by atoms with E-state index in [1.807, 2.05) is 45.0 Å². The van der Waals surface area contributed by atoms with Crippen LogP contribution in [-0.4, -0.2) is 30.3 Å². The van der Waals surface area contributed by atoms with Gasteiger partial charge in [-0.25, -0.2) is 0 Å². The van der Waals surface area contributed by atoms with Gasteiger partial charge >= 0.3 is 5.97 Å². The molecule has 0 saturated heterocycles. The lowest BCUT2D eigenvalue weighted by Crippen LogP contribution is -2.51. The molecule has 0 aromatic heterocycles. The molecule has 4 heteroatoms. The largest absolute Gasteiger partial charge is 0.464 e. The van der Waals surface area contributed by atoms with Gasteiger partial charge in [-0.05, 0) is 50.3 Å². The number of aliphatic hydroxyl groups is 1. The number of hydrogen-bond donors (Lipinski definition) is 2. The van der Waals surface area contributed by atoms with Gasteiger partial charge in [-0.3, -0.25) is 4.79 Å². The molecule has 0 bridgehead atoms. The van der Waals surface area contributed by atoms with Crippen LogP contribution in [0.5, 0.6) is 0 Å². The third kappa shape index (κ3) is 6.44. The Hall–Kier alpha value is -1.39. The summed E-state index contributed by atoms with van der Waals surface area (Å²) in [5, 5.41) is 13.4. The number of likely N-dealkylation sites (N-methyl/N-ethyl adjacent to an activating group) is 1. The fraction of sp³-hybridized carbons (Fsp3) is 0.667. The molecule has 0 saturated carbocycles. The van der Waals surface area contributed by atoms with Crippen molar-refractivity contribution in [1.82, 2.24) is 5.32 Å². The molecule has 0 aliphatic heterocycles. The van der Waals surface area contributed by atoms with Crippen molar-refractivity contribution >= 4 is 5.97 Å². The van der Waals surface area contributed by atoms with Crippen molar-refractivity contribution in [3.63, 3.8) is 0 Å². The Kier molecular flexibility index (Phi) is 7.21. The van der Waals surface area contributed by atoms with Gasteiger partial charge in [0, 0.05) is 6.42 Å². The SMILES string of the molecule is CCC(C)(O)c1ccc(CCOC(=O)C(C)(CC(C)(C)C)NC)cc1. The van der Waals surface area contributed by atoms with Crippen LogP contribution in [0.15, 0.2) is 24.3 Å². The fourth-order valence-corrected chi connectivity index (χ4v) is 2.98. The van der Waals surface area contributed by atoms with Gasteiger partial charge in [-0.1, -0.05) is 52.0 Å². The van der Waals surface area contributed by atoms with Crippen LogP contribution in [0.4, 0.5) is 0 Å². The number of rotatable bonds is 8. The normalized spacial score (nSPS) is 16.8. The summed E-state index contributed by atoms with van der Waals surface area (Å²) in [7, 11) is 1.80. The number of carbonyl (C=O) groups excluding carboxylic acids is 1. The molecule has 1 aromatic rings. The smallest absolute Gasteiger partial charge is 0.326 e. The zero-order chi connectivity index (χ0) is 19.3. The molecule has 2 atom stereocenters. The Morgan fingerprint density at radius 1 is 1.12 bits per heavy atom. The van der Waals surface area contributed by atoms with E-state index in [0.717, 1.165) is 11.1 Å². The first-order valence-corrected chi connectivity index (χ1v) is 9.11. The Morgan fingerprint density at radius 2 is 1.68 bits per heavy atom. The Labute approximate surface area is 153 Å². The molecule has 0 spiro atoms. The topological polar surface area (TPSA) is 58.6 Å². The highest BCUT2D eigenvalue weighted by atomic mass is 16.5. The molecular weight excluding hydrogens is 314 g/mol. The summed E-state index contributed by atoms with van der Waals surface area (Å²) in [5.41, 5.74) is 0.547. The van der Waals surface area contributed by atoms with Crippen LogP contribution in [-0.2, 0) is 21.6 Å². The van der Waals surface area contributed by atoms with Crippen molar-refractivity contribution < 1.29 is 14.6 Å². The van der Waals surface area contributed by atoms with Crippen LogP contribution in [0.25, 0.3) is 0 Å². The third-order valence-electron chi connectivity index (χ3n) is 4.77. The second kappa shape index (κ2) is 8.33. The second-order valence-electron chi connectivity index (χ2n) is 8.53. The van der Waals surface area contributed by atoms with Crippen molar-refractivity contribution in [2.45, 2.75) is 71.9 Å². The van der Waals surface area contributed by atoms with Crippen LogP contribution in [0.1, 0.15) is 65.5 Å². The highest BCUT2D eigenvalue weighted by Crippen LogP contribution is 2.28. The number of ether oxygens (including phenoxy) is 1. The first-order valence-electron chi connectivity index (χ1n) is 9.11. The highest BCUT2D eigenvalue weighted by Gasteiger charge is 2.37. The van der Waals surface area contributed by atoms with Crippen LogP contribution in [0.3, 0.4) is 0 Å². The molecule has 1 aromatic carbocycles. The summed E-state index contributed by atoms with van der Waals surface area (Å²) in [5.74, 6) is -0.213. The molecule has 0 heterocycles. The van der Waals surface area contributed by atoms with Crippen LogP contribution in [0, 0.1) is 5.41 Å². The molecular formula is C21H35NO3. The molecule has 0 aliphatic carbocycles.